The van der Waals surface area contributed by atoms with Gasteiger partial charge >= 0.3 is 0 Å². The summed E-state index contributed by atoms with van der Waals surface area (Å²) in [4.78, 5) is 29.2. The Balaban J connectivity index is 1.73. The molecule has 0 radical (unpaired) electrons. The number of H-pyrrole nitrogens is 1. The van der Waals surface area contributed by atoms with Gasteiger partial charge in [0.1, 0.15) is 11.3 Å². The number of halogens is 1. The van der Waals surface area contributed by atoms with E-state index in [4.69, 9.17) is 5.73 Å². The van der Waals surface area contributed by atoms with E-state index in [1.165, 1.54) is 18.5 Å². The van der Waals surface area contributed by atoms with Crippen molar-refractivity contribution < 1.29 is 4.39 Å². The maximum absolute atomic E-state index is 13.9. The highest BCUT2D eigenvalue weighted by Crippen LogP contribution is 2.27. The first kappa shape index (κ1) is 19.7. The first-order valence-electron chi connectivity index (χ1n) is 10.1. The molecule has 3 heterocycles. The Kier molecular flexibility index (Phi) is 4.58. The Labute approximate surface area is 182 Å². The van der Waals surface area contributed by atoms with Gasteiger partial charge in [-0.05, 0) is 49.1 Å². The zero-order chi connectivity index (χ0) is 22.4. The van der Waals surface area contributed by atoms with Gasteiger partial charge < -0.3 is 16.0 Å². The number of hydrogen-bond acceptors (Lipinski definition) is 6. The van der Waals surface area contributed by atoms with Crippen molar-refractivity contribution in [3.63, 3.8) is 0 Å². The van der Waals surface area contributed by atoms with Gasteiger partial charge in [0.2, 0.25) is 5.95 Å². The molecule has 5 rings (SSSR count). The van der Waals surface area contributed by atoms with Gasteiger partial charge in [0.25, 0.3) is 5.56 Å². The van der Waals surface area contributed by atoms with Crippen molar-refractivity contribution in [3.05, 3.63) is 82.3 Å². The van der Waals surface area contributed by atoms with Crippen LogP contribution in [0.4, 0.5) is 16.2 Å². The van der Waals surface area contributed by atoms with Crippen molar-refractivity contribution in [2.75, 3.05) is 11.1 Å². The molecule has 32 heavy (non-hydrogen) atoms. The molecule has 0 saturated heterocycles. The van der Waals surface area contributed by atoms with Crippen LogP contribution in [0.3, 0.4) is 0 Å². The van der Waals surface area contributed by atoms with E-state index in [0.717, 1.165) is 11.3 Å². The van der Waals surface area contributed by atoms with Crippen LogP contribution in [0.5, 0.6) is 0 Å². The van der Waals surface area contributed by atoms with Gasteiger partial charge in [-0.15, -0.1) is 0 Å². The minimum absolute atomic E-state index is 0.0988. The molecule has 0 saturated carbocycles. The number of nitrogen functional groups attached to an aromatic ring is 1. The molecule has 3 aromatic heterocycles. The smallest absolute Gasteiger partial charge is 0.263 e. The van der Waals surface area contributed by atoms with Crippen LogP contribution in [0.2, 0.25) is 0 Å². The number of aromatic nitrogens is 5. The van der Waals surface area contributed by atoms with Crippen molar-refractivity contribution in [1.82, 2.24) is 24.5 Å². The van der Waals surface area contributed by atoms with Crippen LogP contribution in [-0.4, -0.2) is 24.5 Å². The number of aryl methyl sites for hydroxylation is 1. The number of hydrogen-bond donors (Lipinski definition) is 3. The summed E-state index contributed by atoms with van der Waals surface area (Å²) in [6, 6.07) is 13.3. The number of nitrogens with zero attached hydrogens (tertiary/aromatic N) is 4. The molecule has 0 bridgehead atoms. The van der Waals surface area contributed by atoms with Gasteiger partial charge in [-0.25, -0.2) is 9.37 Å². The highest BCUT2D eigenvalue weighted by atomic mass is 19.1. The minimum atomic E-state index is -0.456. The van der Waals surface area contributed by atoms with Gasteiger partial charge in [0, 0.05) is 5.69 Å². The van der Waals surface area contributed by atoms with Crippen molar-refractivity contribution >= 4 is 33.7 Å². The van der Waals surface area contributed by atoms with Crippen LogP contribution in [0.1, 0.15) is 24.2 Å². The largest absolute Gasteiger partial charge is 0.368 e. The molecule has 5 aromatic rings. The first-order chi connectivity index (χ1) is 15.4. The highest BCUT2D eigenvalue weighted by Gasteiger charge is 2.20. The first-order valence-corrected chi connectivity index (χ1v) is 10.1. The number of pyridine rings is 1. The van der Waals surface area contributed by atoms with E-state index >= 15 is 0 Å². The van der Waals surface area contributed by atoms with E-state index in [0.29, 0.717) is 33.4 Å². The molecule has 0 aliphatic carbocycles. The molecule has 0 spiro atoms. The molecule has 1 atom stereocenters. The summed E-state index contributed by atoms with van der Waals surface area (Å²) in [6.45, 7) is 3.84. The predicted molar refractivity (Wildman–Crippen MR) is 122 cm³/mol. The normalized spacial score (nSPS) is 12.3. The lowest BCUT2D eigenvalue weighted by atomic mass is 10.1. The topological polar surface area (TPSA) is 115 Å². The predicted octanol–water partition coefficient (Wildman–Crippen LogP) is 3.86. The van der Waals surface area contributed by atoms with Gasteiger partial charge in [-0.1, -0.05) is 24.3 Å². The summed E-state index contributed by atoms with van der Waals surface area (Å²) in [7, 11) is 0. The van der Waals surface area contributed by atoms with E-state index in [9.17, 15) is 9.18 Å². The number of benzene rings is 2. The Hall–Kier alpha value is -4.27. The molecular formula is C23H20FN7O. The van der Waals surface area contributed by atoms with Crippen molar-refractivity contribution in [2.24, 2.45) is 0 Å². The van der Waals surface area contributed by atoms with Crippen LogP contribution >= 0.6 is 0 Å². The van der Waals surface area contributed by atoms with Gasteiger partial charge in [-0.3, -0.25) is 9.36 Å². The Morgan fingerprint density at radius 3 is 2.78 bits per heavy atom. The molecule has 160 valence electrons. The maximum atomic E-state index is 13.9. The van der Waals surface area contributed by atoms with Gasteiger partial charge in [-0.2, -0.15) is 9.97 Å². The molecule has 0 aliphatic heterocycles. The van der Waals surface area contributed by atoms with Crippen LogP contribution in [0.25, 0.3) is 27.6 Å². The number of nitrogens with one attached hydrogen (secondary N) is 2. The number of imidazole rings is 1. The maximum Gasteiger partial charge on any atom is 0.263 e. The number of rotatable bonds is 4. The van der Waals surface area contributed by atoms with Crippen molar-refractivity contribution in [2.45, 2.75) is 19.9 Å². The lowest BCUT2D eigenvalue weighted by molar-refractivity contribution is 0.629. The highest BCUT2D eigenvalue weighted by molar-refractivity contribution is 5.85. The summed E-state index contributed by atoms with van der Waals surface area (Å²) in [5.74, 6) is 0.0909. The molecule has 0 unspecified atom stereocenters. The van der Waals surface area contributed by atoms with Gasteiger partial charge in [0.15, 0.2) is 11.5 Å². The Bertz CT molecular complexity index is 1540. The fourth-order valence-corrected chi connectivity index (χ4v) is 3.92. The van der Waals surface area contributed by atoms with Gasteiger partial charge in [0.05, 0.1) is 23.4 Å². The quantitative estimate of drug-likeness (QED) is 0.400. The average Bonchev–Trinajstić information content (AvgIpc) is 3.23. The summed E-state index contributed by atoms with van der Waals surface area (Å²) in [5.41, 5.74) is 8.93. The zero-order valence-electron chi connectivity index (χ0n) is 17.4. The second kappa shape index (κ2) is 7.45. The number of anilines is 2. The molecule has 4 N–H and O–H groups in total. The molecule has 8 nitrogen and oxygen atoms in total. The van der Waals surface area contributed by atoms with Crippen molar-refractivity contribution in [1.29, 1.82) is 0 Å². The summed E-state index contributed by atoms with van der Waals surface area (Å²) in [5, 5.41) is 4.27. The van der Waals surface area contributed by atoms with Crippen LogP contribution < -0.4 is 16.6 Å². The number of fused-ring (bicyclic) bond motifs is 2. The fourth-order valence-electron chi connectivity index (χ4n) is 3.92. The molecule has 2 aromatic carbocycles. The number of nitrogens with two attached hydrogens (primary N) is 1. The number of aromatic amines is 1. The summed E-state index contributed by atoms with van der Waals surface area (Å²) >= 11 is 0. The third-order valence-corrected chi connectivity index (χ3v) is 5.46. The summed E-state index contributed by atoms with van der Waals surface area (Å²) < 4.78 is 15.5. The average molecular weight is 429 g/mol. The molecule has 0 fully saturated rings. The fraction of sp³-hybridized carbons (Fsp3) is 0.130. The zero-order valence-corrected chi connectivity index (χ0v) is 17.4. The molecule has 9 heteroatoms. The van der Waals surface area contributed by atoms with E-state index in [-0.39, 0.29) is 17.5 Å². The van der Waals surface area contributed by atoms with Crippen LogP contribution in [0, 0.1) is 12.7 Å². The van der Waals surface area contributed by atoms with Crippen LogP contribution in [0.15, 0.2) is 59.7 Å². The monoisotopic (exact) mass is 429 g/mol. The third-order valence-electron chi connectivity index (χ3n) is 5.46. The number of para-hydroxylation sites is 1. The SMILES string of the molecule is Cc1ccccc1-n1c([C@@H](C)Nc2nc(N)nc3[nH]cnc23)cc2ccc(F)cc2c1=O. The van der Waals surface area contributed by atoms with E-state index in [1.807, 2.05) is 44.2 Å². The summed E-state index contributed by atoms with van der Waals surface area (Å²) in [6.07, 6.45) is 1.52. The van der Waals surface area contributed by atoms with Crippen molar-refractivity contribution in [3.8, 4) is 5.69 Å². The van der Waals surface area contributed by atoms with E-state index in [1.54, 1.807) is 10.6 Å². The van der Waals surface area contributed by atoms with E-state index < -0.39 is 5.82 Å². The second-order valence-electron chi connectivity index (χ2n) is 7.62. The van der Waals surface area contributed by atoms with E-state index in [2.05, 4.69) is 25.3 Å². The minimum Gasteiger partial charge on any atom is -0.368 e. The lowest BCUT2D eigenvalue weighted by Crippen LogP contribution is -2.26. The molecule has 0 aliphatic rings. The molecular weight excluding hydrogens is 409 g/mol. The molecule has 0 amide bonds. The third kappa shape index (κ3) is 3.24. The lowest BCUT2D eigenvalue weighted by Gasteiger charge is -2.22. The Morgan fingerprint density at radius 1 is 1.16 bits per heavy atom. The standard InChI is InChI=1S/C23H20FN7O/c1-12-5-3-4-6-17(12)31-18(9-14-7-8-15(24)10-16(14)22(31)32)13(2)28-21-19-20(27-11-26-19)29-23(25)30-21/h3-11,13H,1-2H3,(H4,25,26,27,28,29,30)/t13-/m1/s1. The Morgan fingerprint density at radius 2 is 1.97 bits per heavy atom. The second-order valence-corrected chi connectivity index (χ2v) is 7.62. The van der Waals surface area contributed by atoms with Crippen LogP contribution in [-0.2, 0) is 0 Å².